The first-order valence-electron chi connectivity index (χ1n) is 7.66. The molecule has 1 aromatic heterocycles. The second kappa shape index (κ2) is 5.45. The molecule has 1 aromatic rings. The molecule has 0 saturated carbocycles. The summed E-state index contributed by atoms with van der Waals surface area (Å²) in [5.74, 6) is 0. The molecular formula is C15H24ClN3. The molecule has 2 fully saturated rings. The number of nitrogens with zero attached hydrogens (tertiary/aromatic N) is 3. The monoisotopic (exact) mass is 281 g/mol. The average Bonchev–Trinajstić information content (AvgIpc) is 2.90. The van der Waals surface area contributed by atoms with Crippen LogP contribution < -0.4 is 0 Å². The van der Waals surface area contributed by atoms with Gasteiger partial charge in [-0.25, -0.2) is 0 Å². The van der Waals surface area contributed by atoms with Gasteiger partial charge in [0.1, 0.15) is 0 Å². The second-order valence-corrected chi connectivity index (χ2v) is 6.54. The Morgan fingerprint density at radius 1 is 1.26 bits per heavy atom. The van der Waals surface area contributed by atoms with E-state index in [1.54, 1.807) is 0 Å². The predicted octanol–water partition coefficient (Wildman–Crippen LogP) is 3.20. The zero-order valence-corrected chi connectivity index (χ0v) is 12.7. The number of alkyl halides is 1. The summed E-state index contributed by atoms with van der Waals surface area (Å²) in [6.45, 7) is 6.38. The van der Waals surface area contributed by atoms with Crippen LogP contribution in [0.4, 0.5) is 0 Å². The number of aryl methyl sites for hydroxylation is 2. The Bertz CT molecular complexity index is 429. The van der Waals surface area contributed by atoms with Gasteiger partial charge in [-0.3, -0.25) is 9.58 Å². The summed E-state index contributed by atoms with van der Waals surface area (Å²) < 4.78 is 2.17. The number of halogens is 1. The first kappa shape index (κ1) is 13.4. The Hall–Kier alpha value is -0.540. The molecule has 2 unspecified atom stereocenters. The Labute approximate surface area is 120 Å². The van der Waals surface area contributed by atoms with Gasteiger partial charge >= 0.3 is 0 Å². The summed E-state index contributed by atoms with van der Waals surface area (Å²) in [7, 11) is 0. The van der Waals surface area contributed by atoms with E-state index in [0.717, 1.165) is 19.5 Å². The number of fused-ring (bicyclic) bond motifs is 2. The maximum atomic E-state index is 6.36. The van der Waals surface area contributed by atoms with Gasteiger partial charge in [-0.05, 0) is 45.1 Å². The summed E-state index contributed by atoms with van der Waals surface area (Å²) in [6.07, 6.45) is 6.01. The van der Waals surface area contributed by atoms with E-state index >= 15 is 0 Å². The minimum atomic E-state index is 0.399. The maximum Gasteiger partial charge on any atom is 0.0625 e. The van der Waals surface area contributed by atoms with Crippen molar-refractivity contribution < 1.29 is 0 Å². The largest absolute Gasteiger partial charge is 0.292 e. The lowest BCUT2D eigenvalue weighted by Gasteiger charge is -2.36. The van der Waals surface area contributed by atoms with E-state index in [0.29, 0.717) is 17.5 Å². The molecule has 3 nitrogen and oxygen atoms in total. The lowest BCUT2D eigenvalue weighted by Crippen LogP contribution is -2.43. The zero-order chi connectivity index (χ0) is 13.4. The van der Waals surface area contributed by atoms with Crippen molar-refractivity contribution in [2.45, 2.75) is 76.5 Å². The Morgan fingerprint density at radius 3 is 2.53 bits per heavy atom. The van der Waals surface area contributed by atoms with E-state index in [4.69, 9.17) is 11.6 Å². The van der Waals surface area contributed by atoms with Gasteiger partial charge in [-0.15, -0.1) is 11.6 Å². The SMILES string of the molecule is CCc1cc(CN2C3CCC2CC(Cl)C3)n(CC)n1. The summed E-state index contributed by atoms with van der Waals surface area (Å²) in [6, 6.07) is 3.69. The highest BCUT2D eigenvalue weighted by molar-refractivity contribution is 6.20. The topological polar surface area (TPSA) is 21.1 Å². The van der Waals surface area contributed by atoms with E-state index in [2.05, 4.69) is 34.6 Å². The standard InChI is InChI=1S/C15H24ClN3/c1-3-12-9-15(19(4-2)17-12)10-18-13-5-6-14(18)8-11(16)7-13/h9,11,13-14H,3-8,10H2,1-2H3. The third-order valence-corrected chi connectivity index (χ3v) is 5.10. The highest BCUT2D eigenvalue weighted by Crippen LogP contribution is 2.38. The lowest BCUT2D eigenvalue weighted by atomic mass is 10.0. The molecule has 0 amide bonds. The molecule has 19 heavy (non-hydrogen) atoms. The maximum absolute atomic E-state index is 6.36. The summed E-state index contributed by atoms with van der Waals surface area (Å²) in [4.78, 5) is 2.68. The van der Waals surface area contributed by atoms with Gasteiger partial charge in [0.05, 0.1) is 11.4 Å². The molecule has 2 aliphatic rings. The predicted molar refractivity (Wildman–Crippen MR) is 78.5 cm³/mol. The zero-order valence-electron chi connectivity index (χ0n) is 12.0. The van der Waals surface area contributed by atoms with Gasteiger partial charge in [0.2, 0.25) is 0 Å². The van der Waals surface area contributed by atoms with Crippen LogP contribution in [0.15, 0.2) is 6.07 Å². The van der Waals surface area contributed by atoms with E-state index < -0.39 is 0 Å². The van der Waals surface area contributed by atoms with Crippen molar-refractivity contribution in [3.8, 4) is 0 Å². The van der Waals surface area contributed by atoms with E-state index in [9.17, 15) is 0 Å². The van der Waals surface area contributed by atoms with Crippen LogP contribution in [0.1, 0.15) is 50.9 Å². The second-order valence-electron chi connectivity index (χ2n) is 5.92. The molecule has 106 valence electrons. The molecule has 2 bridgehead atoms. The third kappa shape index (κ3) is 2.55. The third-order valence-electron chi connectivity index (χ3n) is 4.75. The average molecular weight is 282 g/mol. The Morgan fingerprint density at radius 2 is 1.95 bits per heavy atom. The molecule has 0 aromatic carbocycles. The highest BCUT2D eigenvalue weighted by Gasteiger charge is 2.40. The van der Waals surface area contributed by atoms with E-state index in [1.807, 2.05) is 0 Å². The first-order valence-corrected chi connectivity index (χ1v) is 8.10. The van der Waals surface area contributed by atoms with Crippen molar-refractivity contribution >= 4 is 11.6 Å². The molecule has 0 aliphatic carbocycles. The summed E-state index contributed by atoms with van der Waals surface area (Å²) in [5, 5.41) is 5.06. The Kier molecular flexibility index (Phi) is 3.86. The number of rotatable bonds is 4. The van der Waals surface area contributed by atoms with Crippen LogP contribution in [0.5, 0.6) is 0 Å². The quantitative estimate of drug-likeness (QED) is 0.791. The van der Waals surface area contributed by atoms with E-state index in [-0.39, 0.29) is 0 Å². The fourth-order valence-electron chi connectivity index (χ4n) is 3.74. The normalized spacial score (nSPS) is 31.0. The molecule has 0 spiro atoms. The molecule has 3 rings (SSSR count). The highest BCUT2D eigenvalue weighted by atomic mass is 35.5. The van der Waals surface area contributed by atoms with Gasteiger partial charge in [-0.1, -0.05) is 6.92 Å². The van der Waals surface area contributed by atoms with Crippen molar-refractivity contribution in [2.24, 2.45) is 0 Å². The number of aromatic nitrogens is 2. The van der Waals surface area contributed by atoms with Crippen LogP contribution in [0, 0.1) is 0 Å². The minimum absolute atomic E-state index is 0.399. The molecule has 3 heterocycles. The van der Waals surface area contributed by atoms with Crippen molar-refractivity contribution in [3.63, 3.8) is 0 Å². The summed E-state index contributed by atoms with van der Waals surface area (Å²) >= 11 is 6.36. The molecule has 0 radical (unpaired) electrons. The molecule has 2 saturated heterocycles. The molecule has 4 heteroatoms. The molecule has 2 aliphatic heterocycles. The Balaban J connectivity index is 1.76. The number of hydrogen-bond donors (Lipinski definition) is 0. The van der Waals surface area contributed by atoms with E-state index in [1.165, 1.54) is 37.1 Å². The first-order chi connectivity index (χ1) is 9.21. The lowest BCUT2D eigenvalue weighted by molar-refractivity contribution is 0.130. The smallest absolute Gasteiger partial charge is 0.0625 e. The molecular weight excluding hydrogens is 258 g/mol. The summed E-state index contributed by atoms with van der Waals surface area (Å²) in [5.41, 5.74) is 2.60. The number of hydrogen-bond acceptors (Lipinski definition) is 2. The van der Waals surface area contributed by atoms with Crippen molar-refractivity contribution in [1.29, 1.82) is 0 Å². The van der Waals surface area contributed by atoms with Crippen LogP contribution in [-0.2, 0) is 19.5 Å². The van der Waals surface area contributed by atoms with Crippen molar-refractivity contribution in [2.75, 3.05) is 0 Å². The molecule has 0 N–H and O–H groups in total. The molecule has 2 atom stereocenters. The van der Waals surface area contributed by atoms with Gasteiger partial charge in [0.15, 0.2) is 0 Å². The van der Waals surface area contributed by atoms with Gasteiger partial charge in [-0.2, -0.15) is 5.10 Å². The van der Waals surface area contributed by atoms with Crippen molar-refractivity contribution in [1.82, 2.24) is 14.7 Å². The van der Waals surface area contributed by atoms with Crippen LogP contribution in [-0.4, -0.2) is 32.1 Å². The number of piperidine rings is 1. The van der Waals surface area contributed by atoms with Gasteiger partial charge < -0.3 is 0 Å². The van der Waals surface area contributed by atoms with Crippen LogP contribution in [0.2, 0.25) is 0 Å². The van der Waals surface area contributed by atoms with Crippen LogP contribution >= 0.6 is 11.6 Å². The minimum Gasteiger partial charge on any atom is -0.292 e. The fourth-order valence-corrected chi connectivity index (χ4v) is 4.15. The van der Waals surface area contributed by atoms with Gasteiger partial charge in [0, 0.05) is 30.6 Å². The van der Waals surface area contributed by atoms with Crippen LogP contribution in [0.3, 0.4) is 0 Å². The van der Waals surface area contributed by atoms with Gasteiger partial charge in [0.25, 0.3) is 0 Å². The van der Waals surface area contributed by atoms with Crippen LogP contribution in [0.25, 0.3) is 0 Å². The fraction of sp³-hybridized carbons (Fsp3) is 0.800. The van der Waals surface area contributed by atoms with Crippen molar-refractivity contribution in [3.05, 3.63) is 17.5 Å².